The second-order valence-electron chi connectivity index (χ2n) is 3.62. The Morgan fingerprint density at radius 1 is 1.69 bits per heavy atom. The second-order valence-corrected chi connectivity index (χ2v) is 3.62. The summed E-state index contributed by atoms with van der Waals surface area (Å²) in [4.78, 5) is 10.1. The van der Waals surface area contributed by atoms with Crippen LogP contribution in [-0.4, -0.2) is 23.7 Å². The fraction of sp³-hybridized carbons (Fsp3) is 0.500. The van der Waals surface area contributed by atoms with Gasteiger partial charge in [0.2, 0.25) is 0 Å². The van der Waals surface area contributed by atoms with E-state index in [1.54, 1.807) is 19.2 Å². The molecule has 0 amide bonds. The molecule has 1 heterocycles. The van der Waals surface area contributed by atoms with E-state index < -0.39 is 6.10 Å². The Kier molecular flexibility index (Phi) is 4.65. The van der Waals surface area contributed by atoms with E-state index in [0.29, 0.717) is 29.7 Å². The summed E-state index contributed by atoms with van der Waals surface area (Å²) in [6.07, 6.45) is 3.15. The van der Waals surface area contributed by atoms with Crippen molar-refractivity contribution in [2.24, 2.45) is 5.29 Å². The van der Waals surface area contributed by atoms with Crippen LogP contribution >= 0.6 is 0 Å². The summed E-state index contributed by atoms with van der Waals surface area (Å²) in [6, 6.07) is 3.28. The monoisotopic (exact) mass is 225 g/mol. The van der Waals surface area contributed by atoms with Gasteiger partial charge in [0, 0.05) is 25.2 Å². The SMILES string of the molecule is CN(CCC[C@@H](O)c1ccc[n+]([O-])c1)N=O. The third-order valence-corrected chi connectivity index (χ3v) is 2.28. The molecule has 6 heteroatoms. The molecule has 88 valence electrons. The molecule has 0 saturated heterocycles. The van der Waals surface area contributed by atoms with Gasteiger partial charge in [-0.1, -0.05) is 0 Å². The van der Waals surface area contributed by atoms with Gasteiger partial charge in [0.15, 0.2) is 12.4 Å². The lowest BCUT2D eigenvalue weighted by Gasteiger charge is -2.12. The highest BCUT2D eigenvalue weighted by atomic mass is 16.5. The summed E-state index contributed by atoms with van der Waals surface area (Å²) in [6.45, 7) is 0.491. The smallest absolute Gasteiger partial charge is 0.186 e. The Labute approximate surface area is 93.7 Å². The number of aliphatic hydroxyl groups excluding tert-OH is 1. The molecule has 1 rings (SSSR count). The number of rotatable bonds is 6. The molecule has 1 atom stereocenters. The first-order valence-corrected chi connectivity index (χ1v) is 5.04. The molecular weight excluding hydrogens is 210 g/mol. The number of nitrogens with zero attached hydrogens (tertiary/aromatic N) is 3. The van der Waals surface area contributed by atoms with E-state index in [-0.39, 0.29) is 0 Å². The zero-order valence-electron chi connectivity index (χ0n) is 9.11. The number of aromatic nitrogens is 1. The molecule has 0 saturated carbocycles. The first-order valence-electron chi connectivity index (χ1n) is 5.04. The minimum absolute atomic E-state index is 0.490. The summed E-state index contributed by atoms with van der Waals surface area (Å²) < 4.78 is 0.650. The molecule has 16 heavy (non-hydrogen) atoms. The van der Waals surface area contributed by atoms with E-state index in [2.05, 4.69) is 5.29 Å². The first-order chi connectivity index (χ1) is 7.63. The van der Waals surface area contributed by atoms with Gasteiger partial charge in [-0.15, -0.1) is 4.91 Å². The third-order valence-electron chi connectivity index (χ3n) is 2.28. The molecule has 0 spiro atoms. The number of nitroso groups, excluding NO2 is 1. The topological polar surface area (TPSA) is 79.8 Å². The van der Waals surface area contributed by atoms with Crippen LogP contribution in [0.1, 0.15) is 24.5 Å². The normalized spacial score (nSPS) is 12.1. The molecule has 0 fully saturated rings. The van der Waals surface area contributed by atoms with Crippen LogP contribution in [0.2, 0.25) is 0 Å². The van der Waals surface area contributed by atoms with Crippen molar-refractivity contribution in [2.75, 3.05) is 13.6 Å². The fourth-order valence-electron chi connectivity index (χ4n) is 1.39. The number of hydrogen-bond acceptors (Lipinski definition) is 4. The largest absolute Gasteiger partial charge is 0.619 e. The summed E-state index contributed by atoms with van der Waals surface area (Å²) in [5, 5.41) is 24.7. The van der Waals surface area contributed by atoms with Crippen LogP contribution in [0.4, 0.5) is 0 Å². The van der Waals surface area contributed by atoms with Gasteiger partial charge in [-0.25, -0.2) is 0 Å². The van der Waals surface area contributed by atoms with Crippen LogP contribution in [-0.2, 0) is 0 Å². The van der Waals surface area contributed by atoms with E-state index in [9.17, 15) is 15.2 Å². The lowest BCUT2D eigenvalue weighted by Crippen LogP contribution is -2.25. The lowest BCUT2D eigenvalue weighted by atomic mass is 10.1. The van der Waals surface area contributed by atoms with Crippen molar-refractivity contribution in [1.82, 2.24) is 5.01 Å². The Hall–Kier alpha value is -1.69. The van der Waals surface area contributed by atoms with Gasteiger partial charge < -0.3 is 10.3 Å². The lowest BCUT2D eigenvalue weighted by molar-refractivity contribution is -0.606. The minimum Gasteiger partial charge on any atom is -0.619 e. The van der Waals surface area contributed by atoms with Crippen LogP contribution < -0.4 is 4.73 Å². The second kappa shape index (κ2) is 6.02. The zero-order chi connectivity index (χ0) is 12.0. The van der Waals surface area contributed by atoms with E-state index in [1.165, 1.54) is 17.4 Å². The zero-order valence-corrected chi connectivity index (χ0v) is 9.11. The highest BCUT2D eigenvalue weighted by molar-refractivity contribution is 5.08. The van der Waals surface area contributed by atoms with Crippen molar-refractivity contribution in [3.8, 4) is 0 Å². The van der Waals surface area contributed by atoms with Crippen molar-refractivity contribution in [3.05, 3.63) is 40.2 Å². The molecule has 1 aromatic rings. The number of pyridine rings is 1. The Morgan fingerprint density at radius 2 is 2.44 bits per heavy atom. The summed E-state index contributed by atoms with van der Waals surface area (Å²) in [5.74, 6) is 0. The van der Waals surface area contributed by atoms with Gasteiger partial charge in [0.25, 0.3) is 0 Å². The number of hydrogen-bond donors (Lipinski definition) is 1. The van der Waals surface area contributed by atoms with Gasteiger partial charge in [-0.2, -0.15) is 4.73 Å². The highest BCUT2D eigenvalue weighted by Gasteiger charge is 2.10. The van der Waals surface area contributed by atoms with Crippen LogP contribution in [0.15, 0.2) is 29.8 Å². The fourth-order valence-corrected chi connectivity index (χ4v) is 1.39. The molecule has 1 aromatic heterocycles. The van der Waals surface area contributed by atoms with Crippen molar-refractivity contribution >= 4 is 0 Å². The third kappa shape index (κ3) is 3.82. The molecule has 0 unspecified atom stereocenters. The van der Waals surface area contributed by atoms with E-state index in [0.717, 1.165) is 0 Å². The van der Waals surface area contributed by atoms with Crippen LogP contribution in [0.25, 0.3) is 0 Å². The quantitative estimate of drug-likeness (QED) is 0.335. The molecule has 0 aliphatic carbocycles. The van der Waals surface area contributed by atoms with Crippen molar-refractivity contribution in [3.63, 3.8) is 0 Å². The molecule has 0 radical (unpaired) electrons. The van der Waals surface area contributed by atoms with Crippen LogP contribution in [0, 0.1) is 10.1 Å². The standard InChI is InChI=1S/C10H15N3O3/c1-12(11-15)6-3-5-10(14)9-4-2-7-13(16)8-9/h2,4,7-8,10,14H,3,5-6H2,1H3/t10-/m1/s1. The van der Waals surface area contributed by atoms with Crippen LogP contribution in [0.3, 0.4) is 0 Å². The predicted molar refractivity (Wildman–Crippen MR) is 58.0 cm³/mol. The maximum absolute atomic E-state index is 11.0. The van der Waals surface area contributed by atoms with Gasteiger partial charge in [-0.3, -0.25) is 5.01 Å². The molecule has 0 aliphatic rings. The Bertz CT molecular complexity index is 346. The molecule has 0 aliphatic heterocycles. The molecule has 1 N–H and O–H groups in total. The predicted octanol–water partition coefficient (Wildman–Crippen LogP) is 0.747. The van der Waals surface area contributed by atoms with E-state index in [1.807, 2.05) is 0 Å². The summed E-state index contributed by atoms with van der Waals surface area (Å²) in [5.41, 5.74) is 0.583. The maximum Gasteiger partial charge on any atom is 0.186 e. The Balaban J connectivity index is 2.40. The van der Waals surface area contributed by atoms with Crippen molar-refractivity contribution in [1.29, 1.82) is 0 Å². The molecule has 0 bridgehead atoms. The Morgan fingerprint density at radius 3 is 3.06 bits per heavy atom. The van der Waals surface area contributed by atoms with Gasteiger partial charge in [-0.05, 0) is 18.9 Å². The van der Waals surface area contributed by atoms with Gasteiger partial charge in [0.1, 0.15) is 0 Å². The summed E-state index contributed by atoms with van der Waals surface area (Å²) >= 11 is 0. The molecular formula is C10H15N3O3. The molecule has 0 aromatic carbocycles. The van der Waals surface area contributed by atoms with E-state index >= 15 is 0 Å². The highest BCUT2D eigenvalue weighted by Crippen LogP contribution is 2.16. The maximum atomic E-state index is 11.0. The summed E-state index contributed by atoms with van der Waals surface area (Å²) in [7, 11) is 1.58. The van der Waals surface area contributed by atoms with Crippen LogP contribution in [0.5, 0.6) is 0 Å². The van der Waals surface area contributed by atoms with Gasteiger partial charge >= 0.3 is 0 Å². The average molecular weight is 225 g/mol. The van der Waals surface area contributed by atoms with E-state index in [4.69, 9.17) is 0 Å². The molecule has 6 nitrogen and oxygen atoms in total. The van der Waals surface area contributed by atoms with Gasteiger partial charge in [0.05, 0.1) is 11.4 Å². The first kappa shape index (κ1) is 12.4. The van der Waals surface area contributed by atoms with Crippen molar-refractivity contribution < 1.29 is 9.84 Å². The minimum atomic E-state index is -0.679. The average Bonchev–Trinajstić information content (AvgIpc) is 2.28. The number of aliphatic hydroxyl groups is 1. The van der Waals surface area contributed by atoms with Crippen molar-refractivity contribution in [2.45, 2.75) is 18.9 Å².